The number of hydrogen-bond donors (Lipinski definition) is 7. The SMILES string of the molecule is CC(=O)NN.CC(C)(C)OC(=O)NCc1ccc(-c2nc3ccnc(C#N)c3cc2-c2ccccc2)cc1.C[O-].Cc1nc(-c2nccc3nc(-c4ccc(CN)cc4)c(-c4ccccc4)cc23)n[nH]1.Cc1nc(-c2nccc3nc(-c4ccc(CNC(=O)OC(C)(C)C)cc4)c(-c4ccccc4)cc23)n[nH]1.Cl.Cl.[Na+]. The zero-order valence-corrected chi connectivity index (χ0v) is 66.4. The first-order chi connectivity index (χ1) is 51.6. The second-order valence-electron chi connectivity index (χ2n) is 26.2. The van der Waals surface area contributed by atoms with Crippen molar-refractivity contribution in [2.45, 2.75) is 93.2 Å². The van der Waals surface area contributed by atoms with Gasteiger partial charge in [0, 0.05) is 94.7 Å². The van der Waals surface area contributed by atoms with Crippen molar-refractivity contribution in [2.75, 3.05) is 7.11 Å². The maximum Gasteiger partial charge on any atom is 1.00 e. The molecule has 0 unspecified atom stereocenters. The number of aromatic nitrogens is 12. The summed E-state index contributed by atoms with van der Waals surface area (Å²) < 4.78 is 10.6. The molecule has 3 amide bonds. The Balaban J connectivity index is 0.000000218. The number of nitrogens with one attached hydrogen (secondary N) is 5. The van der Waals surface area contributed by atoms with Crippen LogP contribution < -0.4 is 62.3 Å². The molecular formula is C83H83Cl2N18NaO6. The van der Waals surface area contributed by atoms with Crippen LogP contribution in [0.25, 0.3) is 123 Å². The molecule has 0 spiro atoms. The minimum absolute atomic E-state index is 0. The summed E-state index contributed by atoms with van der Waals surface area (Å²) >= 11 is 0. The number of amides is 3. The zero-order chi connectivity index (χ0) is 76.2. The van der Waals surface area contributed by atoms with Gasteiger partial charge in [-0.1, -0.05) is 164 Å². The molecule has 14 rings (SSSR count). The van der Waals surface area contributed by atoms with Crippen LogP contribution in [0.15, 0.2) is 219 Å². The molecule has 6 aromatic carbocycles. The minimum Gasteiger partial charge on any atom is -0.857 e. The summed E-state index contributed by atoms with van der Waals surface area (Å²) in [5.74, 6) is 6.93. The van der Waals surface area contributed by atoms with Gasteiger partial charge in [0.25, 0.3) is 0 Å². The molecule has 27 heteroatoms. The summed E-state index contributed by atoms with van der Waals surface area (Å²) in [6.07, 6.45) is 4.19. The number of aromatic amines is 2. The van der Waals surface area contributed by atoms with E-state index in [1.807, 2.05) is 212 Å². The number of benzene rings is 6. The Morgan fingerprint density at radius 1 is 0.464 bits per heavy atom. The van der Waals surface area contributed by atoms with Crippen molar-refractivity contribution in [1.82, 2.24) is 76.3 Å². The molecule has 0 atom stereocenters. The Bertz CT molecular complexity index is 5430. The second kappa shape index (κ2) is 39.9. The van der Waals surface area contributed by atoms with Gasteiger partial charge in [-0.05, 0) is 125 Å². The maximum atomic E-state index is 12.0. The molecule has 0 radical (unpaired) electrons. The van der Waals surface area contributed by atoms with Crippen molar-refractivity contribution in [1.29, 1.82) is 5.26 Å². The molecule has 14 aromatic rings. The molecule has 24 nitrogen and oxygen atoms in total. The summed E-state index contributed by atoms with van der Waals surface area (Å²) in [7, 11) is 0.750. The fourth-order valence-corrected chi connectivity index (χ4v) is 11.1. The summed E-state index contributed by atoms with van der Waals surface area (Å²) in [6, 6.07) is 68.5. The topological polar surface area (TPSA) is 365 Å². The Hall–Kier alpha value is -11.8. The van der Waals surface area contributed by atoms with Crippen LogP contribution in [0.4, 0.5) is 9.59 Å². The molecule has 0 saturated carbocycles. The van der Waals surface area contributed by atoms with Crippen molar-refractivity contribution >= 4 is 75.6 Å². The van der Waals surface area contributed by atoms with E-state index in [-0.39, 0.29) is 60.3 Å². The number of nitrogens with zero attached hydrogens (tertiary/aromatic N) is 11. The Morgan fingerprint density at radius 3 is 1.08 bits per heavy atom. The van der Waals surface area contributed by atoms with Crippen LogP contribution in [-0.2, 0) is 33.9 Å². The molecule has 0 fully saturated rings. The molecule has 556 valence electrons. The van der Waals surface area contributed by atoms with Gasteiger partial charge in [-0.3, -0.25) is 30.4 Å². The number of carbonyl (C=O) groups is 3. The molecular weight excluding hydrogens is 1440 g/mol. The van der Waals surface area contributed by atoms with Crippen molar-refractivity contribution in [3.8, 4) is 96.3 Å². The first kappa shape index (κ1) is 85.5. The molecule has 0 aliphatic carbocycles. The Labute approximate surface area is 671 Å². The van der Waals surface area contributed by atoms with E-state index in [0.717, 1.165) is 130 Å². The normalized spacial score (nSPS) is 10.6. The number of rotatable bonds is 13. The molecule has 8 heterocycles. The van der Waals surface area contributed by atoms with E-state index in [1.165, 1.54) is 6.92 Å². The van der Waals surface area contributed by atoms with Crippen LogP contribution in [0, 0.1) is 25.2 Å². The summed E-state index contributed by atoms with van der Waals surface area (Å²) in [6.45, 7) is 17.4. The summed E-state index contributed by atoms with van der Waals surface area (Å²) in [5, 5.41) is 40.2. The monoisotopic (exact) mass is 1520 g/mol. The fourth-order valence-electron chi connectivity index (χ4n) is 11.1. The van der Waals surface area contributed by atoms with E-state index in [2.05, 4.69) is 116 Å². The standard InChI is InChI=1S/C29H28N6O2.C27H24N4O2.C24H20N6.C2H6N2O.CH3O.2ClH.Na/c1-18-32-27(35-34-18)26-23-16-22(20-8-6-5-7-9-20)25(33-24(23)14-15-30-26)21-12-10-19(11-13-21)17-31-28(36)37-29(2,3)4;1-27(2,3)33-26(32)30-17-18-9-11-20(12-10-18)25-21(19-7-5-4-6-8-19)15-22-23(31-25)13-14-29-24(22)16-28;1-15-27-24(30-29-15)23-20-13-19(17-5-3-2-4-6-17)22(28-21(20)11-12-26-23)18-9-7-16(14-25)8-10-18;1-2(5)4-3;1-2;;;/h5-16H,17H2,1-4H3,(H,31,36)(H,32,34,35);4-15H,17H2,1-3H3,(H,30,32);2-13H,14,25H2,1H3,(H,27,29,30);3H2,1H3,(H,4,5);1H3;2*1H;/q;;;;-1;;;+1. The molecule has 8 aromatic heterocycles. The number of H-pyrrole nitrogens is 2. The van der Waals surface area contributed by atoms with E-state index in [0.29, 0.717) is 53.9 Å². The Kier molecular flexibility index (Phi) is 31.0. The van der Waals surface area contributed by atoms with E-state index < -0.39 is 23.4 Å². The number of halogens is 2. The predicted octanol–water partition coefficient (Wildman–Crippen LogP) is 12.3. The number of hydrogen-bond acceptors (Lipinski definition) is 19. The van der Waals surface area contributed by atoms with Crippen LogP contribution in [0.5, 0.6) is 0 Å². The fraction of sp³-hybridized carbons (Fsp3) is 0.181. The molecule has 0 bridgehead atoms. The van der Waals surface area contributed by atoms with Crippen LogP contribution in [0.2, 0.25) is 0 Å². The summed E-state index contributed by atoms with van der Waals surface area (Å²) in [5.41, 5.74) is 25.3. The van der Waals surface area contributed by atoms with Crippen molar-refractivity contribution in [2.24, 2.45) is 11.6 Å². The number of hydrazine groups is 1. The van der Waals surface area contributed by atoms with Gasteiger partial charge in [0.1, 0.15) is 46.0 Å². The number of aryl methyl sites for hydroxylation is 2. The van der Waals surface area contributed by atoms with E-state index in [4.69, 9.17) is 35.3 Å². The zero-order valence-electron chi connectivity index (χ0n) is 62.7. The van der Waals surface area contributed by atoms with Crippen molar-refractivity contribution in [3.63, 3.8) is 0 Å². The number of pyridine rings is 6. The quantitative estimate of drug-likeness (QED) is 0.0244. The van der Waals surface area contributed by atoms with Gasteiger partial charge in [-0.25, -0.2) is 45.3 Å². The van der Waals surface area contributed by atoms with Gasteiger partial charge in [-0.2, -0.15) is 22.6 Å². The van der Waals surface area contributed by atoms with Gasteiger partial charge in [0.05, 0.1) is 33.6 Å². The molecule has 0 aliphatic heterocycles. The van der Waals surface area contributed by atoms with Gasteiger partial charge < -0.3 is 30.9 Å². The average Bonchev–Trinajstić information content (AvgIpc) is 1.04. The smallest absolute Gasteiger partial charge is 0.857 e. The van der Waals surface area contributed by atoms with Crippen molar-refractivity contribution < 1.29 is 58.5 Å². The molecule has 9 N–H and O–H groups in total. The predicted molar refractivity (Wildman–Crippen MR) is 429 cm³/mol. The largest absolute Gasteiger partial charge is 1.00 e. The first-order valence-electron chi connectivity index (χ1n) is 34.1. The van der Waals surface area contributed by atoms with Gasteiger partial charge in [-0.15, -0.1) is 24.8 Å². The number of fused-ring (bicyclic) bond motifs is 3. The van der Waals surface area contributed by atoms with E-state index in [9.17, 15) is 19.6 Å². The third-order valence-electron chi connectivity index (χ3n) is 16.0. The van der Waals surface area contributed by atoms with E-state index >= 15 is 0 Å². The average molecular weight is 1520 g/mol. The van der Waals surface area contributed by atoms with Gasteiger partial charge in [0.2, 0.25) is 5.91 Å². The van der Waals surface area contributed by atoms with Gasteiger partial charge in [0.15, 0.2) is 11.6 Å². The number of carbonyl (C=O) groups excluding carboxylic acids is 3. The molecule has 110 heavy (non-hydrogen) atoms. The van der Waals surface area contributed by atoms with E-state index in [1.54, 1.807) is 18.6 Å². The first-order valence-corrected chi connectivity index (χ1v) is 34.1. The van der Waals surface area contributed by atoms with Crippen LogP contribution in [-0.4, -0.2) is 96.7 Å². The number of ether oxygens (including phenoxy) is 2. The van der Waals surface area contributed by atoms with Gasteiger partial charge >= 0.3 is 41.7 Å². The van der Waals surface area contributed by atoms with Crippen LogP contribution >= 0.6 is 24.8 Å². The van der Waals surface area contributed by atoms with Crippen LogP contribution in [0.1, 0.15) is 82.5 Å². The number of nitrogens with two attached hydrogens (primary N) is 2. The number of nitriles is 1. The Morgan fingerprint density at radius 2 is 0.782 bits per heavy atom. The summed E-state index contributed by atoms with van der Waals surface area (Å²) in [4.78, 5) is 70.8. The second-order valence-corrected chi connectivity index (χ2v) is 26.2. The van der Waals surface area contributed by atoms with Crippen molar-refractivity contribution in [3.05, 3.63) is 253 Å². The third kappa shape index (κ3) is 22.7. The minimum atomic E-state index is -0.537. The number of alkyl carbamates (subject to hydrolysis) is 2. The third-order valence-corrected chi connectivity index (χ3v) is 16.0. The molecule has 0 aliphatic rings. The maximum absolute atomic E-state index is 12.0. The molecule has 0 saturated heterocycles. The van der Waals surface area contributed by atoms with Crippen LogP contribution in [0.3, 0.4) is 0 Å².